The van der Waals surface area contributed by atoms with E-state index in [-0.39, 0.29) is 17.4 Å². The molecule has 140 valence electrons. The van der Waals surface area contributed by atoms with E-state index < -0.39 is 32.4 Å². The molecule has 8 nitrogen and oxygen atoms in total. The molecule has 2 aromatic heterocycles. The first kappa shape index (κ1) is 19.5. The lowest BCUT2D eigenvalue weighted by molar-refractivity contribution is 0.163. The number of halogens is 1. The molecule has 0 aromatic carbocycles. The minimum Gasteiger partial charge on any atom is -0.414 e. The molecule has 0 aliphatic carbocycles. The van der Waals surface area contributed by atoms with Gasteiger partial charge in [0.2, 0.25) is 5.78 Å². The van der Waals surface area contributed by atoms with Gasteiger partial charge in [-0.15, -0.1) is 9.61 Å². The Hall–Kier alpha value is -1.81. The molecule has 0 bridgehead atoms. The number of aromatic nitrogens is 5. The zero-order valence-electron chi connectivity index (χ0n) is 15.8. The number of nitrogens with zero attached hydrogens (tertiary/aromatic N) is 5. The van der Waals surface area contributed by atoms with Crippen LogP contribution in [0, 0.1) is 6.92 Å². The Bertz CT molecular complexity index is 893. The van der Waals surface area contributed by atoms with Gasteiger partial charge in [-0.3, -0.25) is 4.57 Å². The summed E-state index contributed by atoms with van der Waals surface area (Å²) in [6, 6.07) is 0. The van der Waals surface area contributed by atoms with Crippen LogP contribution >= 0.6 is 0 Å². The quantitative estimate of drug-likeness (QED) is 0.739. The number of alkyl halides is 1. The monoisotopic (exact) mass is 371 g/mol. The van der Waals surface area contributed by atoms with Crippen molar-refractivity contribution in [1.82, 2.24) is 23.7 Å². The summed E-state index contributed by atoms with van der Waals surface area (Å²) in [5.41, 5.74) is -1.49. The molecule has 0 radical (unpaired) electrons. The summed E-state index contributed by atoms with van der Waals surface area (Å²) in [6.07, 6.45) is -1.48. The van der Waals surface area contributed by atoms with Crippen molar-refractivity contribution in [3.8, 4) is 0 Å². The maximum Gasteiger partial charge on any atom is 0.356 e. The maximum absolute atomic E-state index is 14.4. The molecular weight excluding hydrogens is 345 g/mol. The van der Waals surface area contributed by atoms with E-state index >= 15 is 0 Å². The molecule has 1 atom stereocenters. The summed E-state index contributed by atoms with van der Waals surface area (Å²) in [7, 11) is -0.450. The van der Waals surface area contributed by atoms with Crippen LogP contribution in [0.15, 0.2) is 9.59 Å². The first-order chi connectivity index (χ1) is 11.3. The minimum atomic E-state index is -2.10. The van der Waals surface area contributed by atoms with Crippen molar-refractivity contribution < 1.29 is 8.82 Å². The highest BCUT2D eigenvalue weighted by atomic mass is 28.4. The Labute approximate surface area is 146 Å². The van der Waals surface area contributed by atoms with Crippen molar-refractivity contribution in [2.45, 2.75) is 58.5 Å². The van der Waals surface area contributed by atoms with Gasteiger partial charge >= 0.3 is 11.4 Å². The predicted molar refractivity (Wildman–Crippen MR) is 95.3 cm³/mol. The van der Waals surface area contributed by atoms with E-state index in [9.17, 15) is 14.0 Å². The molecule has 0 aliphatic heterocycles. The fourth-order valence-electron chi connectivity index (χ4n) is 2.06. The Kier molecular flexibility index (Phi) is 5.06. The van der Waals surface area contributed by atoms with Crippen molar-refractivity contribution in [2.75, 3.05) is 6.61 Å². The van der Waals surface area contributed by atoms with Gasteiger partial charge in [0.25, 0.3) is 0 Å². The molecule has 0 saturated carbocycles. The van der Waals surface area contributed by atoms with E-state index in [1.54, 1.807) is 14.0 Å². The van der Waals surface area contributed by atoms with Gasteiger partial charge in [0.1, 0.15) is 12.0 Å². The normalized spacial score (nSPS) is 14.2. The lowest BCUT2D eigenvalue weighted by Crippen LogP contribution is -2.45. The lowest BCUT2D eigenvalue weighted by atomic mass is 10.2. The number of fused-ring (bicyclic) bond motifs is 1. The zero-order chi connectivity index (χ0) is 19.2. The smallest absolute Gasteiger partial charge is 0.356 e. The largest absolute Gasteiger partial charge is 0.414 e. The average molecular weight is 371 g/mol. The fraction of sp³-hybridized carbons (Fsp3) is 0.733. The summed E-state index contributed by atoms with van der Waals surface area (Å²) in [5, 5.41) is 3.99. The first-order valence-electron chi connectivity index (χ1n) is 8.16. The molecule has 1 unspecified atom stereocenters. The molecule has 0 N–H and O–H groups in total. The maximum atomic E-state index is 14.4. The van der Waals surface area contributed by atoms with E-state index in [0.717, 1.165) is 9.08 Å². The van der Waals surface area contributed by atoms with Gasteiger partial charge in [0.05, 0.1) is 13.2 Å². The molecule has 10 heteroatoms. The van der Waals surface area contributed by atoms with Crippen LogP contribution in [-0.4, -0.2) is 44.8 Å². The lowest BCUT2D eigenvalue weighted by Gasteiger charge is -2.36. The van der Waals surface area contributed by atoms with Gasteiger partial charge in [-0.1, -0.05) is 20.8 Å². The Morgan fingerprint density at radius 2 is 1.88 bits per heavy atom. The average Bonchev–Trinajstić information content (AvgIpc) is 2.76. The number of aryl methyl sites for hydroxylation is 2. The molecule has 0 saturated heterocycles. The third kappa shape index (κ3) is 3.74. The SMILES string of the molecule is Cc1nn2c(=O)n(CC(F)CO[Si](C)(C)C(C)(C)C)c(=O)nc2n1C. The molecule has 2 aromatic rings. The van der Waals surface area contributed by atoms with Crippen LogP contribution in [0.5, 0.6) is 0 Å². The summed E-state index contributed by atoms with van der Waals surface area (Å²) in [6.45, 7) is 11.3. The molecule has 2 heterocycles. The van der Waals surface area contributed by atoms with Gasteiger partial charge in [-0.25, -0.2) is 18.5 Å². The first-order valence-corrected chi connectivity index (χ1v) is 11.1. The van der Waals surface area contributed by atoms with Gasteiger partial charge in [0, 0.05) is 7.05 Å². The van der Waals surface area contributed by atoms with Gasteiger partial charge < -0.3 is 4.43 Å². The molecular formula is C15H26FN5O3Si. The van der Waals surface area contributed by atoms with Crippen LogP contribution in [0.3, 0.4) is 0 Å². The Morgan fingerprint density at radius 1 is 1.28 bits per heavy atom. The number of rotatable bonds is 5. The Balaban J connectivity index is 2.23. The van der Waals surface area contributed by atoms with Crippen molar-refractivity contribution >= 4 is 14.1 Å². The van der Waals surface area contributed by atoms with Gasteiger partial charge in [-0.05, 0) is 25.1 Å². The molecule has 25 heavy (non-hydrogen) atoms. The predicted octanol–water partition coefficient (Wildman–Crippen LogP) is 1.26. The van der Waals surface area contributed by atoms with Crippen LogP contribution in [0.1, 0.15) is 26.6 Å². The van der Waals surface area contributed by atoms with Gasteiger partial charge in [0.15, 0.2) is 8.32 Å². The van der Waals surface area contributed by atoms with Crippen LogP contribution in [-0.2, 0) is 18.0 Å². The second kappa shape index (κ2) is 6.49. The van der Waals surface area contributed by atoms with Crippen molar-refractivity contribution in [1.29, 1.82) is 0 Å². The number of hydrogen-bond donors (Lipinski definition) is 0. The third-order valence-electron chi connectivity index (χ3n) is 4.87. The minimum absolute atomic E-state index is 0.0466. The van der Waals surface area contributed by atoms with E-state index in [4.69, 9.17) is 4.43 Å². The standard InChI is InChI=1S/C15H26FN5O3Si/c1-10-18-21-12(19(10)5)17-13(22)20(14(21)23)8-11(16)9-24-25(6,7)15(2,3)4/h11H,8-9H2,1-7H3. The van der Waals surface area contributed by atoms with E-state index in [1.165, 1.54) is 4.57 Å². The molecule has 2 rings (SSSR count). The van der Waals surface area contributed by atoms with Gasteiger partial charge in [-0.2, -0.15) is 4.98 Å². The second-order valence-electron chi connectivity index (χ2n) is 7.77. The van der Waals surface area contributed by atoms with E-state index in [2.05, 4.69) is 30.9 Å². The van der Waals surface area contributed by atoms with E-state index in [0.29, 0.717) is 5.82 Å². The van der Waals surface area contributed by atoms with Crippen molar-refractivity contribution in [3.05, 3.63) is 26.8 Å². The molecule has 0 aliphatic rings. The topological polar surface area (TPSA) is 83.4 Å². The highest BCUT2D eigenvalue weighted by molar-refractivity contribution is 6.74. The van der Waals surface area contributed by atoms with Crippen LogP contribution in [0.2, 0.25) is 18.1 Å². The summed E-state index contributed by atoms with van der Waals surface area (Å²) < 4.78 is 23.5. The van der Waals surface area contributed by atoms with E-state index in [1.807, 2.05) is 13.1 Å². The third-order valence-corrected chi connectivity index (χ3v) is 9.37. The highest BCUT2D eigenvalue weighted by Gasteiger charge is 2.37. The van der Waals surface area contributed by atoms with Crippen LogP contribution in [0.4, 0.5) is 4.39 Å². The van der Waals surface area contributed by atoms with Crippen LogP contribution in [0.25, 0.3) is 5.78 Å². The van der Waals surface area contributed by atoms with Crippen molar-refractivity contribution in [2.24, 2.45) is 7.05 Å². The summed E-state index contributed by atoms with van der Waals surface area (Å²) in [4.78, 5) is 28.4. The number of hydrogen-bond acceptors (Lipinski definition) is 5. The second-order valence-corrected chi connectivity index (χ2v) is 12.6. The Morgan fingerprint density at radius 3 is 2.44 bits per heavy atom. The molecule has 0 spiro atoms. The van der Waals surface area contributed by atoms with Crippen LogP contribution < -0.4 is 11.4 Å². The fourth-order valence-corrected chi connectivity index (χ4v) is 3.09. The highest BCUT2D eigenvalue weighted by Crippen LogP contribution is 2.36. The molecule has 0 fully saturated rings. The van der Waals surface area contributed by atoms with Crippen molar-refractivity contribution in [3.63, 3.8) is 0 Å². The summed E-state index contributed by atoms with van der Waals surface area (Å²) >= 11 is 0. The summed E-state index contributed by atoms with van der Waals surface area (Å²) in [5.74, 6) is 0.663. The zero-order valence-corrected chi connectivity index (χ0v) is 16.8. The molecule has 0 amide bonds.